The van der Waals surface area contributed by atoms with Crippen LogP contribution in [-0.4, -0.2) is 10.1 Å². The maximum absolute atomic E-state index is 6.04. The van der Waals surface area contributed by atoms with Crippen LogP contribution >= 0.6 is 0 Å². The Morgan fingerprint density at radius 1 is 1.35 bits per heavy atom. The number of aryl methyl sites for hydroxylation is 1. The van der Waals surface area contributed by atoms with Crippen LogP contribution in [0.1, 0.15) is 38.8 Å². The Morgan fingerprint density at radius 2 is 2.12 bits per heavy atom. The van der Waals surface area contributed by atoms with Gasteiger partial charge in [0.05, 0.1) is 5.54 Å². The molecule has 5 nitrogen and oxygen atoms in total. The largest absolute Gasteiger partial charge is 0.456 e. The molecule has 17 heavy (non-hydrogen) atoms. The van der Waals surface area contributed by atoms with Gasteiger partial charge in [-0.1, -0.05) is 19.0 Å². The first kappa shape index (κ1) is 11.9. The van der Waals surface area contributed by atoms with Crippen LogP contribution in [0.4, 0.5) is 0 Å². The number of nitrogens with two attached hydrogens (primary N) is 1. The van der Waals surface area contributed by atoms with Crippen molar-refractivity contribution in [1.82, 2.24) is 10.1 Å². The Bertz CT molecular complexity index is 499. The predicted octanol–water partition coefficient (Wildman–Crippen LogP) is 2.48. The molecule has 0 aliphatic heterocycles. The van der Waals surface area contributed by atoms with Gasteiger partial charge in [-0.15, -0.1) is 0 Å². The molecule has 92 valence electrons. The normalized spacial score (nSPS) is 14.8. The average Bonchev–Trinajstić information content (AvgIpc) is 2.97. The van der Waals surface area contributed by atoms with E-state index in [0.717, 1.165) is 18.6 Å². The van der Waals surface area contributed by atoms with Crippen LogP contribution in [0.3, 0.4) is 0 Å². The van der Waals surface area contributed by atoms with Gasteiger partial charge in [0.15, 0.2) is 11.6 Å². The van der Waals surface area contributed by atoms with Gasteiger partial charge in [-0.25, -0.2) is 0 Å². The van der Waals surface area contributed by atoms with E-state index in [9.17, 15) is 0 Å². The molecule has 2 N–H and O–H groups in total. The van der Waals surface area contributed by atoms with Gasteiger partial charge in [0, 0.05) is 6.42 Å². The zero-order valence-electron chi connectivity index (χ0n) is 10.4. The molecule has 1 unspecified atom stereocenters. The number of rotatable bonds is 4. The summed E-state index contributed by atoms with van der Waals surface area (Å²) in [4.78, 5) is 4.27. The Balaban J connectivity index is 2.29. The molecule has 0 saturated carbocycles. The molecule has 2 rings (SSSR count). The highest BCUT2D eigenvalue weighted by atomic mass is 16.5. The number of furan rings is 1. The summed E-state index contributed by atoms with van der Waals surface area (Å²) in [6, 6.07) is 3.73. The van der Waals surface area contributed by atoms with Gasteiger partial charge in [0.25, 0.3) is 5.89 Å². The SMILES string of the molecule is CCc1ccc(-c2nc(C(C)(N)CC)no2)o1. The third kappa shape index (κ3) is 2.24. The zero-order valence-corrected chi connectivity index (χ0v) is 10.4. The third-order valence-electron chi connectivity index (χ3n) is 2.89. The van der Waals surface area contributed by atoms with Crippen molar-refractivity contribution in [2.24, 2.45) is 5.73 Å². The maximum Gasteiger partial charge on any atom is 0.293 e. The molecule has 0 aromatic carbocycles. The average molecular weight is 235 g/mol. The number of aromatic nitrogens is 2. The van der Waals surface area contributed by atoms with Crippen LogP contribution in [0.5, 0.6) is 0 Å². The second-order valence-corrected chi connectivity index (χ2v) is 4.31. The Kier molecular flexibility index (Phi) is 3.02. The smallest absolute Gasteiger partial charge is 0.293 e. The van der Waals surface area contributed by atoms with Crippen molar-refractivity contribution < 1.29 is 8.94 Å². The summed E-state index contributed by atoms with van der Waals surface area (Å²) in [5.41, 5.74) is 5.48. The molecule has 5 heteroatoms. The van der Waals surface area contributed by atoms with E-state index in [0.29, 0.717) is 17.5 Å². The van der Waals surface area contributed by atoms with Crippen LogP contribution in [0.25, 0.3) is 11.7 Å². The van der Waals surface area contributed by atoms with Gasteiger partial charge in [-0.2, -0.15) is 4.98 Å². The Hall–Kier alpha value is -1.62. The van der Waals surface area contributed by atoms with Crippen LogP contribution in [0, 0.1) is 0 Å². The molecule has 0 amide bonds. The molecule has 0 spiro atoms. The summed E-state index contributed by atoms with van der Waals surface area (Å²) in [5.74, 6) is 2.37. The van der Waals surface area contributed by atoms with E-state index >= 15 is 0 Å². The summed E-state index contributed by atoms with van der Waals surface area (Å²) < 4.78 is 10.7. The first-order valence-corrected chi connectivity index (χ1v) is 5.79. The molecule has 0 aliphatic carbocycles. The number of hydrogen-bond acceptors (Lipinski definition) is 5. The molecule has 2 aromatic rings. The molecule has 0 bridgehead atoms. The first-order chi connectivity index (χ1) is 8.06. The van der Waals surface area contributed by atoms with E-state index in [1.54, 1.807) is 0 Å². The highest BCUT2D eigenvalue weighted by Gasteiger charge is 2.26. The minimum absolute atomic E-state index is 0.379. The predicted molar refractivity (Wildman–Crippen MR) is 63.2 cm³/mol. The topological polar surface area (TPSA) is 78.1 Å². The van der Waals surface area contributed by atoms with Crippen molar-refractivity contribution in [2.75, 3.05) is 0 Å². The standard InChI is InChI=1S/C12H17N3O2/c1-4-8-6-7-9(16-8)10-14-11(15-17-10)12(3,13)5-2/h6-7H,4-5,13H2,1-3H3. The van der Waals surface area contributed by atoms with E-state index in [4.69, 9.17) is 14.7 Å². The Labute approximate surface area is 100.0 Å². The monoisotopic (exact) mass is 235 g/mol. The second-order valence-electron chi connectivity index (χ2n) is 4.31. The lowest BCUT2D eigenvalue weighted by molar-refractivity contribution is 0.372. The van der Waals surface area contributed by atoms with Crippen molar-refractivity contribution in [2.45, 2.75) is 39.2 Å². The summed E-state index contributed by atoms with van der Waals surface area (Å²) in [7, 11) is 0. The van der Waals surface area contributed by atoms with Gasteiger partial charge < -0.3 is 14.7 Å². The van der Waals surface area contributed by atoms with Crippen LogP contribution in [0.15, 0.2) is 21.1 Å². The summed E-state index contributed by atoms with van der Waals surface area (Å²) in [6.45, 7) is 5.88. The third-order valence-corrected chi connectivity index (χ3v) is 2.89. The van der Waals surface area contributed by atoms with Crippen LogP contribution in [0.2, 0.25) is 0 Å². The van der Waals surface area contributed by atoms with E-state index < -0.39 is 5.54 Å². The van der Waals surface area contributed by atoms with E-state index in [1.807, 2.05) is 32.9 Å². The quantitative estimate of drug-likeness (QED) is 0.880. The van der Waals surface area contributed by atoms with E-state index in [1.165, 1.54) is 0 Å². The molecule has 0 saturated heterocycles. The fraction of sp³-hybridized carbons (Fsp3) is 0.500. The van der Waals surface area contributed by atoms with Crippen LogP contribution in [-0.2, 0) is 12.0 Å². The van der Waals surface area contributed by atoms with E-state index in [2.05, 4.69) is 10.1 Å². The van der Waals surface area contributed by atoms with Gasteiger partial charge in [0.2, 0.25) is 0 Å². The zero-order chi connectivity index (χ0) is 12.5. The van der Waals surface area contributed by atoms with Gasteiger partial charge in [-0.05, 0) is 25.5 Å². The van der Waals surface area contributed by atoms with Crippen molar-refractivity contribution >= 4 is 0 Å². The molecule has 2 heterocycles. The fourth-order valence-corrected chi connectivity index (χ4v) is 1.40. The lowest BCUT2D eigenvalue weighted by Gasteiger charge is -2.16. The summed E-state index contributed by atoms with van der Waals surface area (Å²) in [5, 5.41) is 3.90. The summed E-state index contributed by atoms with van der Waals surface area (Å²) in [6.07, 6.45) is 1.58. The van der Waals surface area contributed by atoms with Crippen molar-refractivity contribution in [1.29, 1.82) is 0 Å². The van der Waals surface area contributed by atoms with Crippen molar-refractivity contribution in [3.63, 3.8) is 0 Å². The molecule has 2 aromatic heterocycles. The lowest BCUT2D eigenvalue weighted by Crippen LogP contribution is -2.33. The minimum Gasteiger partial charge on any atom is -0.456 e. The number of hydrogen-bond donors (Lipinski definition) is 1. The number of nitrogens with zero attached hydrogens (tertiary/aromatic N) is 2. The molecule has 1 atom stereocenters. The fourth-order valence-electron chi connectivity index (χ4n) is 1.40. The summed E-state index contributed by atoms with van der Waals surface area (Å²) >= 11 is 0. The highest BCUT2D eigenvalue weighted by Crippen LogP contribution is 2.24. The van der Waals surface area contributed by atoms with E-state index in [-0.39, 0.29) is 0 Å². The molecule has 0 aliphatic rings. The second kappa shape index (κ2) is 4.33. The van der Waals surface area contributed by atoms with Gasteiger partial charge in [-0.3, -0.25) is 0 Å². The molecule has 0 fully saturated rings. The van der Waals surface area contributed by atoms with Crippen molar-refractivity contribution in [3.8, 4) is 11.7 Å². The molecular weight excluding hydrogens is 218 g/mol. The van der Waals surface area contributed by atoms with Gasteiger partial charge >= 0.3 is 0 Å². The molecule has 0 radical (unpaired) electrons. The van der Waals surface area contributed by atoms with Gasteiger partial charge in [0.1, 0.15) is 5.76 Å². The molecular formula is C12H17N3O2. The highest BCUT2D eigenvalue weighted by molar-refractivity contribution is 5.44. The van der Waals surface area contributed by atoms with Crippen LogP contribution < -0.4 is 5.73 Å². The Morgan fingerprint density at radius 3 is 2.71 bits per heavy atom. The first-order valence-electron chi connectivity index (χ1n) is 5.79. The lowest BCUT2D eigenvalue weighted by atomic mass is 10.0. The maximum atomic E-state index is 6.04. The minimum atomic E-state index is -0.568. The van der Waals surface area contributed by atoms with Crippen molar-refractivity contribution in [3.05, 3.63) is 23.7 Å².